The molecular weight excluding hydrogens is 294 g/mol. The Morgan fingerprint density at radius 2 is 1.74 bits per heavy atom. The molecule has 1 rings (SSSR count). The van der Waals surface area contributed by atoms with Crippen LogP contribution in [0.25, 0.3) is 0 Å². The van der Waals surface area contributed by atoms with Crippen molar-refractivity contribution in [2.24, 2.45) is 0 Å². The van der Waals surface area contributed by atoms with Crippen molar-refractivity contribution in [2.45, 2.75) is 59.1 Å². The molecule has 0 aliphatic rings. The molecule has 0 spiro atoms. The highest BCUT2D eigenvalue weighted by atomic mass is 16.6. The van der Waals surface area contributed by atoms with Gasteiger partial charge in [-0.25, -0.2) is 9.59 Å². The third kappa shape index (κ3) is 7.17. The van der Waals surface area contributed by atoms with Gasteiger partial charge in [-0.1, -0.05) is 19.1 Å². The summed E-state index contributed by atoms with van der Waals surface area (Å²) in [5.41, 5.74) is 1.06. The molecule has 23 heavy (non-hydrogen) atoms. The fourth-order valence-electron chi connectivity index (χ4n) is 2.05. The molecule has 0 saturated heterocycles. The molecule has 0 aliphatic heterocycles. The lowest BCUT2D eigenvalue weighted by Gasteiger charge is -2.23. The molecule has 0 bridgehead atoms. The minimum Gasteiger partial charge on any atom is -0.462 e. The topological polar surface area (TPSA) is 64.6 Å². The number of carbonyl (C=O) groups is 2. The van der Waals surface area contributed by atoms with Crippen molar-refractivity contribution < 1.29 is 19.1 Å². The van der Waals surface area contributed by atoms with Crippen LogP contribution >= 0.6 is 0 Å². The van der Waals surface area contributed by atoms with Gasteiger partial charge in [0.1, 0.15) is 5.60 Å². The van der Waals surface area contributed by atoms with Crippen LogP contribution in [0.5, 0.6) is 0 Å². The summed E-state index contributed by atoms with van der Waals surface area (Å²) < 4.78 is 10.2. The Balaban J connectivity index is 2.62. The summed E-state index contributed by atoms with van der Waals surface area (Å²) in [4.78, 5) is 23.5. The van der Waals surface area contributed by atoms with Crippen LogP contribution in [-0.4, -0.2) is 30.3 Å². The summed E-state index contributed by atoms with van der Waals surface area (Å²) in [6.07, 6.45) is 1.06. The molecule has 0 fully saturated rings. The number of amides is 1. The summed E-state index contributed by atoms with van der Waals surface area (Å²) in [5, 5.41) is 2.88. The zero-order valence-corrected chi connectivity index (χ0v) is 14.6. The minimum atomic E-state index is -0.510. The third-order valence-corrected chi connectivity index (χ3v) is 3.16. The molecule has 1 aromatic rings. The number of ether oxygens (including phenoxy) is 2. The van der Waals surface area contributed by atoms with Crippen LogP contribution in [0.4, 0.5) is 4.79 Å². The van der Waals surface area contributed by atoms with Crippen LogP contribution in [-0.2, 0) is 15.9 Å². The van der Waals surface area contributed by atoms with Crippen LogP contribution in [0.2, 0.25) is 0 Å². The molecule has 1 atom stereocenters. The molecule has 1 aromatic carbocycles. The summed E-state index contributed by atoms with van der Waals surface area (Å²) in [5.74, 6) is -0.321. The van der Waals surface area contributed by atoms with Gasteiger partial charge in [-0.15, -0.1) is 0 Å². The Kier molecular flexibility index (Phi) is 7.07. The van der Waals surface area contributed by atoms with E-state index in [0.29, 0.717) is 18.6 Å². The number of hydrogen-bond acceptors (Lipinski definition) is 4. The summed E-state index contributed by atoms with van der Waals surface area (Å²) in [6.45, 7) is 9.65. The number of hydrogen-bond donors (Lipinski definition) is 1. The standard InChI is InChI=1S/C18H27NO4/c1-6-15(19-17(21)23-18(3,4)5)12-13-8-10-14(11-9-13)16(20)22-7-2/h8-11,15H,6-7,12H2,1-5H3,(H,19,21)/t15-/m1/s1. The quantitative estimate of drug-likeness (QED) is 0.811. The maximum absolute atomic E-state index is 11.8. The Hall–Kier alpha value is -2.04. The SMILES string of the molecule is CCOC(=O)c1ccc(C[C@@H](CC)NC(=O)OC(C)(C)C)cc1. The van der Waals surface area contributed by atoms with E-state index in [9.17, 15) is 9.59 Å². The maximum atomic E-state index is 11.8. The summed E-state index contributed by atoms with van der Waals surface area (Å²) >= 11 is 0. The van der Waals surface area contributed by atoms with Gasteiger partial charge in [-0.2, -0.15) is 0 Å². The van der Waals surface area contributed by atoms with Gasteiger partial charge in [0.2, 0.25) is 0 Å². The fourth-order valence-corrected chi connectivity index (χ4v) is 2.05. The number of esters is 1. The van der Waals surface area contributed by atoms with Crippen LogP contribution < -0.4 is 5.32 Å². The molecule has 0 aromatic heterocycles. The average Bonchev–Trinajstić information content (AvgIpc) is 2.45. The molecular formula is C18H27NO4. The van der Waals surface area contributed by atoms with Crippen LogP contribution in [0.3, 0.4) is 0 Å². The zero-order valence-electron chi connectivity index (χ0n) is 14.6. The maximum Gasteiger partial charge on any atom is 0.407 e. The smallest absolute Gasteiger partial charge is 0.407 e. The lowest BCUT2D eigenvalue weighted by Crippen LogP contribution is -2.39. The van der Waals surface area contributed by atoms with E-state index in [1.165, 1.54) is 0 Å². The van der Waals surface area contributed by atoms with Crippen molar-refractivity contribution in [3.8, 4) is 0 Å². The van der Waals surface area contributed by atoms with Crippen molar-refractivity contribution in [3.63, 3.8) is 0 Å². The molecule has 0 heterocycles. The van der Waals surface area contributed by atoms with Crippen molar-refractivity contribution in [3.05, 3.63) is 35.4 Å². The number of benzene rings is 1. The van der Waals surface area contributed by atoms with Gasteiger partial charge in [0.25, 0.3) is 0 Å². The fraction of sp³-hybridized carbons (Fsp3) is 0.556. The zero-order chi connectivity index (χ0) is 17.5. The second-order valence-corrected chi connectivity index (χ2v) is 6.37. The predicted molar refractivity (Wildman–Crippen MR) is 89.6 cm³/mol. The average molecular weight is 321 g/mol. The second-order valence-electron chi connectivity index (χ2n) is 6.37. The monoisotopic (exact) mass is 321 g/mol. The van der Waals surface area contributed by atoms with Crippen molar-refractivity contribution in [2.75, 3.05) is 6.61 Å². The highest BCUT2D eigenvalue weighted by Gasteiger charge is 2.19. The van der Waals surface area contributed by atoms with Gasteiger partial charge in [0, 0.05) is 6.04 Å². The van der Waals surface area contributed by atoms with Gasteiger partial charge in [0.15, 0.2) is 0 Å². The lowest BCUT2D eigenvalue weighted by atomic mass is 10.0. The van der Waals surface area contributed by atoms with Gasteiger partial charge >= 0.3 is 12.1 Å². The van der Waals surface area contributed by atoms with Crippen molar-refractivity contribution >= 4 is 12.1 Å². The molecule has 1 N–H and O–H groups in total. The molecule has 0 unspecified atom stereocenters. The van der Waals surface area contributed by atoms with Crippen LogP contribution in [0.15, 0.2) is 24.3 Å². The largest absolute Gasteiger partial charge is 0.462 e. The van der Waals surface area contributed by atoms with E-state index in [4.69, 9.17) is 9.47 Å². The summed E-state index contributed by atoms with van der Waals surface area (Å²) in [6, 6.07) is 7.23. The van der Waals surface area contributed by atoms with E-state index < -0.39 is 11.7 Å². The van der Waals surface area contributed by atoms with Crippen molar-refractivity contribution in [1.29, 1.82) is 0 Å². The van der Waals surface area contributed by atoms with Crippen molar-refractivity contribution in [1.82, 2.24) is 5.32 Å². The predicted octanol–water partition coefficient (Wildman–Crippen LogP) is 3.71. The second kappa shape index (κ2) is 8.56. The van der Waals surface area contributed by atoms with E-state index >= 15 is 0 Å². The normalized spacial score (nSPS) is 12.4. The van der Waals surface area contributed by atoms with E-state index in [1.807, 2.05) is 39.8 Å². The molecule has 0 aliphatic carbocycles. The van der Waals surface area contributed by atoms with E-state index in [2.05, 4.69) is 5.32 Å². The Morgan fingerprint density at radius 1 is 1.13 bits per heavy atom. The van der Waals surface area contributed by atoms with Crippen LogP contribution in [0.1, 0.15) is 57.0 Å². The minimum absolute atomic E-state index is 0.0155. The number of carbonyl (C=O) groups excluding carboxylic acids is 2. The lowest BCUT2D eigenvalue weighted by molar-refractivity contribution is 0.0499. The van der Waals surface area contributed by atoms with Gasteiger partial charge < -0.3 is 14.8 Å². The molecule has 0 radical (unpaired) electrons. The Morgan fingerprint density at radius 3 is 2.22 bits per heavy atom. The molecule has 0 saturated carbocycles. The molecule has 128 valence electrons. The number of rotatable bonds is 6. The van der Waals surface area contributed by atoms with E-state index in [0.717, 1.165) is 12.0 Å². The molecule has 5 nitrogen and oxygen atoms in total. The first-order chi connectivity index (χ1) is 10.7. The van der Waals surface area contributed by atoms with E-state index in [1.54, 1.807) is 19.1 Å². The first-order valence-electron chi connectivity index (χ1n) is 8.00. The number of nitrogens with one attached hydrogen (secondary N) is 1. The Labute approximate surface area is 138 Å². The van der Waals surface area contributed by atoms with E-state index in [-0.39, 0.29) is 12.0 Å². The highest BCUT2D eigenvalue weighted by Crippen LogP contribution is 2.11. The van der Waals surface area contributed by atoms with Crippen LogP contribution in [0, 0.1) is 0 Å². The van der Waals surface area contributed by atoms with Gasteiger partial charge in [0.05, 0.1) is 12.2 Å². The number of alkyl carbamates (subject to hydrolysis) is 1. The first kappa shape index (κ1) is 19.0. The summed E-state index contributed by atoms with van der Waals surface area (Å²) in [7, 11) is 0. The first-order valence-corrected chi connectivity index (χ1v) is 8.00. The van der Waals surface area contributed by atoms with Gasteiger partial charge in [-0.05, 0) is 58.2 Å². The molecule has 1 amide bonds. The molecule has 5 heteroatoms. The van der Waals surface area contributed by atoms with Gasteiger partial charge in [-0.3, -0.25) is 0 Å². The Bertz CT molecular complexity index is 517. The highest BCUT2D eigenvalue weighted by molar-refractivity contribution is 5.89. The third-order valence-electron chi connectivity index (χ3n) is 3.16.